The summed E-state index contributed by atoms with van der Waals surface area (Å²) in [6.07, 6.45) is 1.80. The molecule has 0 aliphatic carbocycles. The lowest BCUT2D eigenvalue weighted by Crippen LogP contribution is -2.13. The van der Waals surface area contributed by atoms with Gasteiger partial charge in [-0.25, -0.2) is 0 Å². The molecular formula is C11H13NO3S. The van der Waals surface area contributed by atoms with Crippen molar-refractivity contribution in [2.24, 2.45) is 0 Å². The Morgan fingerprint density at radius 1 is 1.38 bits per heavy atom. The fourth-order valence-electron chi connectivity index (χ4n) is 1.14. The number of carbonyl (C=O) groups is 2. The summed E-state index contributed by atoms with van der Waals surface area (Å²) in [7, 11) is 0. The summed E-state index contributed by atoms with van der Waals surface area (Å²) >= 11 is 1.58. The molecule has 0 spiro atoms. The minimum Gasteiger partial charge on any atom is -0.481 e. The van der Waals surface area contributed by atoms with Crippen molar-refractivity contribution in [3.63, 3.8) is 0 Å². The molecule has 1 rings (SSSR count). The van der Waals surface area contributed by atoms with E-state index in [-0.39, 0.29) is 18.7 Å². The molecule has 1 amide bonds. The number of anilines is 1. The van der Waals surface area contributed by atoms with Crippen molar-refractivity contribution < 1.29 is 14.7 Å². The minimum absolute atomic E-state index is 0.00116. The standard InChI is InChI=1S/C11H13NO3S/c1-16-9-4-2-3-8(7-9)12-10(13)5-6-11(14)15/h2-4,7H,5-6H2,1H3,(H,12,13)(H,14,15). The molecule has 86 valence electrons. The van der Waals surface area contributed by atoms with Crippen LogP contribution in [0.4, 0.5) is 5.69 Å². The van der Waals surface area contributed by atoms with Crippen LogP contribution >= 0.6 is 11.8 Å². The van der Waals surface area contributed by atoms with Gasteiger partial charge in [0.05, 0.1) is 6.42 Å². The van der Waals surface area contributed by atoms with Gasteiger partial charge < -0.3 is 10.4 Å². The van der Waals surface area contributed by atoms with E-state index in [0.717, 1.165) is 4.90 Å². The summed E-state index contributed by atoms with van der Waals surface area (Å²) in [4.78, 5) is 22.7. The van der Waals surface area contributed by atoms with Crippen LogP contribution in [0.5, 0.6) is 0 Å². The van der Waals surface area contributed by atoms with Crippen molar-refractivity contribution in [1.82, 2.24) is 0 Å². The van der Waals surface area contributed by atoms with Crippen molar-refractivity contribution in [3.05, 3.63) is 24.3 Å². The smallest absolute Gasteiger partial charge is 0.303 e. The van der Waals surface area contributed by atoms with Crippen LogP contribution in [0.1, 0.15) is 12.8 Å². The maximum atomic E-state index is 11.3. The number of rotatable bonds is 5. The molecule has 1 aromatic carbocycles. The van der Waals surface area contributed by atoms with E-state index in [1.165, 1.54) is 0 Å². The van der Waals surface area contributed by atoms with Gasteiger partial charge in [-0.1, -0.05) is 6.07 Å². The highest BCUT2D eigenvalue weighted by atomic mass is 32.2. The molecule has 0 fully saturated rings. The fraction of sp³-hybridized carbons (Fsp3) is 0.273. The van der Waals surface area contributed by atoms with Crippen molar-refractivity contribution in [1.29, 1.82) is 0 Å². The van der Waals surface area contributed by atoms with Gasteiger partial charge in [-0.2, -0.15) is 0 Å². The van der Waals surface area contributed by atoms with Crippen LogP contribution in [0.3, 0.4) is 0 Å². The summed E-state index contributed by atoms with van der Waals surface area (Å²) in [6.45, 7) is 0. The summed E-state index contributed by atoms with van der Waals surface area (Å²) in [6, 6.07) is 7.41. The molecule has 0 heterocycles. The number of carbonyl (C=O) groups excluding carboxylic acids is 1. The van der Waals surface area contributed by atoms with E-state index in [2.05, 4.69) is 5.32 Å². The van der Waals surface area contributed by atoms with Crippen molar-refractivity contribution >= 4 is 29.3 Å². The van der Waals surface area contributed by atoms with Crippen LogP contribution in [0.15, 0.2) is 29.2 Å². The van der Waals surface area contributed by atoms with Gasteiger partial charge in [0.1, 0.15) is 0 Å². The Morgan fingerprint density at radius 3 is 2.75 bits per heavy atom. The largest absolute Gasteiger partial charge is 0.481 e. The lowest BCUT2D eigenvalue weighted by Gasteiger charge is -2.05. The second-order valence-corrected chi connectivity index (χ2v) is 4.05. The minimum atomic E-state index is -0.965. The van der Waals surface area contributed by atoms with Gasteiger partial charge in [-0.3, -0.25) is 9.59 Å². The van der Waals surface area contributed by atoms with E-state index in [0.29, 0.717) is 5.69 Å². The maximum absolute atomic E-state index is 11.3. The SMILES string of the molecule is CSc1cccc(NC(=O)CCC(=O)O)c1. The third-order valence-corrected chi connectivity index (χ3v) is 2.64. The Hall–Kier alpha value is -1.49. The predicted molar refractivity (Wildman–Crippen MR) is 63.7 cm³/mol. The normalized spacial score (nSPS) is 9.81. The molecule has 5 heteroatoms. The molecule has 0 aliphatic heterocycles. The van der Waals surface area contributed by atoms with Crippen LogP contribution in [0.2, 0.25) is 0 Å². The molecular weight excluding hydrogens is 226 g/mol. The predicted octanol–water partition coefficient (Wildman–Crippen LogP) is 2.21. The van der Waals surface area contributed by atoms with Gasteiger partial charge >= 0.3 is 5.97 Å². The van der Waals surface area contributed by atoms with Crippen LogP contribution in [-0.4, -0.2) is 23.2 Å². The number of carboxylic acids is 1. The molecule has 0 aromatic heterocycles. The molecule has 16 heavy (non-hydrogen) atoms. The van der Waals surface area contributed by atoms with E-state index in [9.17, 15) is 9.59 Å². The highest BCUT2D eigenvalue weighted by molar-refractivity contribution is 7.98. The van der Waals surface area contributed by atoms with Gasteiger partial charge in [-0.05, 0) is 24.5 Å². The molecule has 0 saturated heterocycles. The summed E-state index contributed by atoms with van der Waals surface area (Å²) < 4.78 is 0. The first-order valence-electron chi connectivity index (χ1n) is 4.77. The van der Waals surface area contributed by atoms with E-state index >= 15 is 0 Å². The van der Waals surface area contributed by atoms with Crippen molar-refractivity contribution in [3.8, 4) is 0 Å². The molecule has 0 radical (unpaired) electrons. The molecule has 0 unspecified atom stereocenters. The number of thioether (sulfide) groups is 1. The number of amides is 1. The highest BCUT2D eigenvalue weighted by Gasteiger charge is 2.05. The zero-order valence-corrected chi connectivity index (χ0v) is 9.71. The van der Waals surface area contributed by atoms with Crippen LogP contribution in [-0.2, 0) is 9.59 Å². The number of hydrogen-bond donors (Lipinski definition) is 2. The highest BCUT2D eigenvalue weighted by Crippen LogP contribution is 2.19. The first-order chi connectivity index (χ1) is 7.61. The third-order valence-electron chi connectivity index (χ3n) is 1.92. The van der Waals surface area contributed by atoms with E-state index < -0.39 is 5.97 Å². The Morgan fingerprint density at radius 2 is 2.12 bits per heavy atom. The second kappa shape index (κ2) is 6.17. The van der Waals surface area contributed by atoms with Crippen LogP contribution < -0.4 is 5.32 Å². The molecule has 1 aromatic rings. The van der Waals surface area contributed by atoms with Gasteiger partial charge in [0.25, 0.3) is 0 Å². The monoisotopic (exact) mass is 239 g/mol. The molecule has 0 saturated carbocycles. The lowest BCUT2D eigenvalue weighted by molar-refractivity contribution is -0.138. The Labute approximate surface area is 98.0 Å². The third kappa shape index (κ3) is 4.35. The average molecular weight is 239 g/mol. The topological polar surface area (TPSA) is 66.4 Å². The maximum Gasteiger partial charge on any atom is 0.303 e. The van der Waals surface area contributed by atoms with Crippen LogP contribution in [0, 0.1) is 0 Å². The van der Waals surface area contributed by atoms with Crippen molar-refractivity contribution in [2.75, 3.05) is 11.6 Å². The zero-order chi connectivity index (χ0) is 12.0. The first kappa shape index (κ1) is 12.6. The average Bonchev–Trinajstić information content (AvgIpc) is 2.26. The van der Waals surface area contributed by atoms with Crippen molar-refractivity contribution in [2.45, 2.75) is 17.7 Å². The Bertz CT molecular complexity index is 393. The summed E-state index contributed by atoms with van der Waals surface area (Å²) in [5.41, 5.74) is 0.697. The zero-order valence-electron chi connectivity index (χ0n) is 8.90. The molecule has 0 atom stereocenters. The number of nitrogens with one attached hydrogen (secondary N) is 1. The van der Waals surface area contributed by atoms with Crippen LogP contribution in [0.25, 0.3) is 0 Å². The van der Waals surface area contributed by atoms with Gasteiger partial charge in [0.2, 0.25) is 5.91 Å². The molecule has 0 bridgehead atoms. The van der Waals surface area contributed by atoms with Gasteiger partial charge in [0, 0.05) is 17.0 Å². The molecule has 0 aliphatic rings. The molecule has 4 nitrogen and oxygen atoms in total. The Balaban J connectivity index is 2.52. The van der Waals surface area contributed by atoms with E-state index in [1.54, 1.807) is 17.8 Å². The summed E-state index contributed by atoms with van der Waals surface area (Å²) in [5.74, 6) is -1.24. The van der Waals surface area contributed by atoms with Gasteiger partial charge in [-0.15, -0.1) is 11.8 Å². The number of benzene rings is 1. The number of carboxylic acid groups (broad SMARTS) is 1. The quantitative estimate of drug-likeness (QED) is 0.773. The summed E-state index contributed by atoms with van der Waals surface area (Å²) in [5, 5.41) is 11.1. The van der Waals surface area contributed by atoms with E-state index in [4.69, 9.17) is 5.11 Å². The first-order valence-corrected chi connectivity index (χ1v) is 6.00. The molecule has 2 N–H and O–H groups in total. The van der Waals surface area contributed by atoms with E-state index in [1.807, 2.05) is 24.5 Å². The Kier molecular flexibility index (Phi) is 4.85. The fourth-order valence-corrected chi connectivity index (χ4v) is 1.60. The number of hydrogen-bond acceptors (Lipinski definition) is 3. The second-order valence-electron chi connectivity index (χ2n) is 3.17. The van der Waals surface area contributed by atoms with Gasteiger partial charge in [0.15, 0.2) is 0 Å². The number of aliphatic carboxylic acids is 1. The lowest BCUT2D eigenvalue weighted by atomic mass is 10.2.